The molecule has 2 aromatic carbocycles. The molecule has 3 N–H and O–H groups in total. The van der Waals surface area contributed by atoms with Crippen LogP contribution in [-0.4, -0.2) is 33.0 Å². The van der Waals surface area contributed by atoms with E-state index in [0.717, 1.165) is 25.7 Å². The molecule has 3 heterocycles. The van der Waals surface area contributed by atoms with Crippen LogP contribution in [0.1, 0.15) is 48.5 Å². The van der Waals surface area contributed by atoms with Crippen molar-refractivity contribution in [2.75, 3.05) is 7.11 Å². The predicted octanol–water partition coefficient (Wildman–Crippen LogP) is 4.58. The third-order valence-electron chi connectivity index (χ3n) is 6.98. The number of rotatable bonds is 3. The fraction of sp³-hybridized carbons (Fsp3) is 0.269. The molecule has 1 fully saturated rings. The number of carbonyl (C=O) groups is 1. The topological polar surface area (TPSA) is 130 Å². The van der Waals surface area contributed by atoms with Crippen molar-refractivity contribution in [3.63, 3.8) is 0 Å². The Bertz CT molecular complexity index is 1730. The summed E-state index contributed by atoms with van der Waals surface area (Å²) >= 11 is 0. The average Bonchev–Trinajstić information content (AvgIpc) is 3.43. The van der Waals surface area contributed by atoms with Crippen LogP contribution in [0.4, 0.5) is 0 Å². The van der Waals surface area contributed by atoms with Gasteiger partial charge < -0.3 is 19.2 Å². The summed E-state index contributed by atoms with van der Waals surface area (Å²) in [5, 5.41) is 14.4. The lowest BCUT2D eigenvalue weighted by molar-refractivity contribution is 0.0600. The number of fused-ring (bicyclic) bond motifs is 4. The molecule has 0 atom stereocenters. The number of H-pyrrole nitrogens is 2. The van der Waals surface area contributed by atoms with Crippen LogP contribution in [0.15, 0.2) is 50.4 Å². The lowest BCUT2D eigenvalue weighted by Gasteiger charge is -2.23. The predicted molar refractivity (Wildman–Crippen MR) is 131 cm³/mol. The summed E-state index contributed by atoms with van der Waals surface area (Å²) in [5.41, 5.74) is 2.31. The zero-order valence-electron chi connectivity index (χ0n) is 19.0. The minimum Gasteiger partial charge on any atom is -0.502 e. The number of aromatic hydroxyl groups is 1. The first-order valence-corrected chi connectivity index (χ1v) is 11.6. The number of benzene rings is 2. The number of hydrogen-bond donors (Lipinski definition) is 3. The van der Waals surface area contributed by atoms with Crippen molar-refractivity contribution in [1.82, 2.24) is 14.8 Å². The van der Waals surface area contributed by atoms with Gasteiger partial charge in [0.2, 0.25) is 11.2 Å². The number of hydrogen-bond acceptors (Lipinski definition) is 6. The monoisotopic (exact) mass is 473 g/mol. The van der Waals surface area contributed by atoms with Gasteiger partial charge in [-0.05, 0) is 42.7 Å². The van der Waals surface area contributed by atoms with Crippen LogP contribution < -0.4 is 11.0 Å². The third-order valence-corrected chi connectivity index (χ3v) is 6.98. The van der Waals surface area contributed by atoms with Gasteiger partial charge in [-0.2, -0.15) is 0 Å². The Labute approximate surface area is 197 Å². The van der Waals surface area contributed by atoms with Crippen molar-refractivity contribution in [3.05, 3.63) is 62.5 Å². The Kier molecular flexibility index (Phi) is 4.80. The lowest BCUT2D eigenvalue weighted by atomic mass is 9.95. The van der Waals surface area contributed by atoms with Gasteiger partial charge in [0.25, 0.3) is 5.56 Å². The van der Waals surface area contributed by atoms with Gasteiger partial charge in [-0.1, -0.05) is 31.4 Å². The van der Waals surface area contributed by atoms with Crippen molar-refractivity contribution in [1.29, 1.82) is 0 Å². The summed E-state index contributed by atoms with van der Waals surface area (Å²) in [6, 6.07) is 9.74. The van der Waals surface area contributed by atoms with Crippen LogP contribution >= 0.6 is 0 Å². The van der Waals surface area contributed by atoms with E-state index in [1.807, 2.05) is 4.68 Å². The number of aromatic nitrogens is 3. The molecule has 0 spiro atoms. The molecule has 0 amide bonds. The molecular formula is C26H23N3O6. The summed E-state index contributed by atoms with van der Waals surface area (Å²) in [6.07, 6.45) is 5.27. The number of pyridine rings is 1. The minimum absolute atomic E-state index is 0.0597. The van der Waals surface area contributed by atoms with E-state index in [4.69, 9.17) is 9.15 Å². The van der Waals surface area contributed by atoms with Crippen LogP contribution in [0.5, 0.6) is 5.75 Å². The number of aromatic amines is 2. The summed E-state index contributed by atoms with van der Waals surface area (Å²) < 4.78 is 12.7. The van der Waals surface area contributed by atoms with E-state index in [-0.39, 0.29) is 17.2 Å². The Balaban J connectivity index is 1.72. The van der Waals surface area contributed by atoms with Crippen LogP contribution in [-0.2, 0) is 4.74 Å². The van der Waals surface area contributed by atoms with Gasteiger partial charge in [0, 0.05) is 10.9 Å². The van der Waals surface area contributed by atoms with E-state index in [1.165, 1.54) is 19.6 Å². The third kappa shape index (κ3) is 3.18. The van der Waals surface area contributed by atoms with Gasteiger partial charge >= 0.3 is 5.97 Å². The largest absolute Gasteiger partial charge is 0.502 e. The van der Waals surface area contributed by atoms with Gasteiger partial charge in [-0.25, -0.2) is 4.79 Å². The Morgan fingerprint density at radius 2 is 1.80 bits per heavy atom. The summed E-state index contributed by atoms with van der Waals surface area (Å²) in [6.45, 7) is 0. The number of nitrogens with one attached hydrogen (secondary N) is 2. The fourth-order valence-electron chi connectivity index (χ4n) is 5.24. The molecule has 35 heavy (non-hydrogen) atoms. The maximum absolute atomic E-state index is 13.3. The second-order valence-corrected chi connectivity index (χ2v) is 8.99. The molecule has 5 aromatic rings. The van der Waals surface area contributed by atoms with Gasteiger partial charge in [-0.15, -0.1) is 0 Å². The molecule has 0 radical (unpaired) electrons. The van der Waals surface area contributed by atoms with Crippen LogP contribution in [0.2, 0.25) is 0 Å². The molecule has 6 rings (SSSR count). The highest BCUT2D eigenvalue weighted by atomic mass is 16.5. The number of ether oxygens (including phenoxy) is 1. The van der Waals surface area contributed by atoms with Crippen LogP contribution in [0.3, 0.4) is 0 Å². The summed E-state index contributed by atoms with van der Waals surface area (Å²) in [4.78, 5) is 40.7. The molecule has 3 aromatic heterocycles. The molecule has 0 bridgehead atoms. The molecule has 1 aliphatic carbocycles. The highest BCUT2D eigenvalue weighted by Crippen LogP contribution is 2.41. The van der Waals surface area contributed by atoms with Crippen molar-refractivity contribution < 1.29 is 19.1 Å². The van der Waals surface area contributed by atoms with E-state index < -0.39 is 17.1 Å². The molecule has 178 valence electrons. The Morgan fingerprint density at radius 1 is 1.06 bits per heavy atom. The van der Waals surface area contributed by atoms with Crippen molar-refractivity contribution in [2.24, 2.45) is 0 Å². The number of furan rings is 1. The molecule has 9 nitrogen and oxygen atoms in total. The highest BCUT2D eigenvalue weighted by molar-refractivity contribution is 6.15. The number of methoxy groups -OCH3 is 1. The van der Waals surface area contributed by atoms with Crippen molar-refractivity contribution in [3.8, 4) is 16.9 Å². The lowest BCUT2D eigenvalue weighted by Crippen LogP contribution is -2.16. The first-order chi connectivity index (χ1) is 17.0. The maximum Gasteiger partial charge on any atom is 0.337 e. The number of carbonyl (C=O) groups excluding carboxylic acids is 1. The smallest absolute Gasteiger partial charge is 0.337 e. The maximum atomic E-state index is 13.3. The number of nitrogens with zero attached hydrogens (tertiary/aromatic N) is 1. The van der Waals surface area contributed by atoms with Gasteiger partial charge in [0.1, 0.15) is 5.65 Å². The van der Waals surface area contributed by atoms with E-state index >= 15 is 0 Å². The van der Waals surface area contributed by atoms with Crippen molar-refractivity contribution in [2.45, 2.75) is 38.1 Å². The first kappa shape index (κ1) is 21.3. The first-order valence-electron chi connectivity index (χ1n) is 11.6. The number of esters is 1. The molecule has 0 saturated heterocycles. The number of phenolic OH excluding ortho intramolecular Hbond substituents is 1. The summed E-state index contributed by atoms with van der Waals surface area (Å²) in [5.74, 6) is -0.945. The Hall–Kier alpha value is -4.27. The van der Waals surface area contributed by atoms with E-state index in [9.17, 15) is 19.5 Å². The molecule has 0 unspecified atom stereocenters. The van der Waals surface area contributed by atoms with Crippen molar-refractivity contribution >= 4 is 39.1 Å². The second kappa shape index (κ2) is 7.90. The van der Waals surface area contributed by atoms with E-state index in [0.29, 0.717) is 44.2 Å². The van der Waals surface area contributed by atoms with Gasteiger partial charge in [-0.3, -0.25) is 19.4 Å². The second-order valence-electron chi connectivity index (χ2n) is 8.99. The zero-order chi connectivity index (χ0) is 24.3. The molecule has 1 saturated carbocycles. The Morgan fingerprint density at radius 3 is 2.51 bits per heavy atom. The van der Waals surface area contributed by atoms with E-state index in [1.54, 1.807) is 30.3 Å². The van der Waals surface area contributed by atoms with Gasteiger partial charge in [0.15, 0.2) is 11.2 Å². The molecule has 0 aliphatic heterocycles. The quantitative estimate of drug-likeness (QED) is 0.329. The molecule has 9 heteroatoms. The van der Waals surface area contributed by atoms with Crippen LogP contribution in [0.25, 0.3) is 44.2 Å². The minimum atomic E-state index is -0.547. The number of phenols is 1. The fourth-order valence-corrected chi connectivity index (χ4v) is 5.24. The molecule has 1 aliphatic rings. The normalized spacial score (nSPS) is 14.8. The highest BCUT2D eigenvalue weighted by Gasteiger charge is 2.26. The van der Waals surface area contributed by atoms with E-state index in [2.05, 4.69) is 10.1 Å². The van der Waals surface area contributed by atoms with Gasteiger partial charge in [0.05, 0.1) is 29.6 Å². The standard InChI is InChI=1S/C26H23N3O6/c1-34-26(33)14-9-7-13(8-10-14)18-19-24(29(28-25(19)32)15-5-3-2-4-6-15)27-20-16-11-12-17(30)21(31)22(16)35-23(18)20/h7-12,15,27,31H,2-6H2,1H3,(H,28,32). The van der Waals surface area contributed by atoms with Crippen LogP contribution in [0, 0.1) is 0 Å². The zero-order valence-corrected chi connectivity index (χ0v) is 19.0. The summed E-state index contributed by atoms with van der Waals surface area (Å²) in [7, 11) is 1.31. The average molecular weight is 473 g/mol. The SMILES string of the molecule is COC(=O)c1ccc(-c2c3oc4c(O)c(=O)ccc4c3[nH]c3c2c(=O)[nH]n3C2CCCCC2)cc1. The molecular weight excluding hydrogens is 450 g/mol.